The van der Waals surface area contributed by atoms with Crippen molar-refractivity contribution >= 4 is 23.9 Å². The summed E-state index contributed by atoms with van der Waals surface area (Å²) in [5.41, 5.74) is 0. The number of carbonyl (C=O) groups is 4. The molecule has 0 bridgehead atoms. The van der Waals surface area contributed by atoms with Crippen LogP contribution >= 0.6 is 0 Å². The van der Waals surface area contributed by atoms with Crippen LogP contribution in [0, 0.1) is 0 Å². The number of aliphatic hydroxyl groups is 12. The summed E-state index contributed by atoms with van der Waals surface area (Å²) >= 11 is 0. The first-order valence-electron chi connectivity index (χ1n) is 45.3. The van der Waals surface area contributed by atoms with Gasteiger partial charge in [-0.2, -0.15) is 0 Å². The molecule has 4 fully saturated rings. The van der Waals surface area contributed by atoms with Crippen molar-refractivity contribution in [2.24, 2.45) is 0 Å². The van der Waals surface area contributed by atoms with E-state index in [4.69, 9.17) is 37.9 Å². The molecule has 4 aliphatic rings. The van der Waals surface area contributed by atoms with Crippen molar-refractivity contribution < 1.29 is 118 Å². The summed E-state index contributed by atoms with van der Waals surface area (Å²) in [5, 5.41) is 116. The number of rotatable bonds is 67. The molecule has 4 saturated heterocycles. The molecule has 0 aromatic rings. The SMILES string of the molecule is CCCCCCCC/C=C/CCCCCCCC(=O)OCC(O)C1OCC(O)C1O.CCCCCCCCC=CC(=O)OCC(O)C1OCC(O)C1O.CCCCCCCCCCCCCCCCCC(=O)OCC(O)C1OCC(O)C1O.CCCCCCCCCCCCCCCCCC(=O)OC[C@@H](O)[C@@H]1OC[C@@H](O)[C@@H]1O. The van der Waals surface area contributed by atoms with E-state index in [9.17, 15) is 80.5 Å². The zero-order valence-corrected chi connectivity index (χ0v) is 70.9. The maximum absolute atomic E-state index is 11.8. The fraction of sp³-hybridized carbons (Fsp3) is 0.910. The lowest BCUT2D eigenvalue weighted by atomic mass is 10.0. The first-order chi connectivity index (χ1) is 54.7. The number of allylic oxidation sites excluding steroid dienone is 3. The Bertz CT molecular complexity index is 2170. The predicted molar refractivity (Wildman–Crippen MR) is 441 cm³/mol. The molecule has 12 unspecified atom stereocenters. The highest BCUT2D eigenvalue weighted by Gasteiger charge is 2.43. The highest BCUT2D eigenvalue weighted by atomic mass is 16.6. The maximum atomic E-state index is 11.8. The van der Waals surface area contributed by atoms with Gasteiger partial charge in [0.25, 0.3) is 0 Å². The summed E-state index contributed by atoms with van der Waals surface area (Å²) < 4.78 is 40.5. The third-order valence-electron chi connectivity index (χ3n) is 21.5. The standard InChI is InChI=1S/2C24H46O6.C24H44O6.C17H30O6/c3*1-2-3-4-5-6-7-8-9-10-11-12-13-14-15-16-17-22(27)29-19-21(26)24-23(28)20(25)18-30-24;1-2-3-4-5-6-7-8-9-10-15(20)22-12-14(19)17-16(21)13(18)11-23-17/h2*20-21,23-26,28H,2-19H2,1H3;9-10,20-21,23-26,28H,2-8,11-19H2,1H3;9-10,13-14,16-19,21H,2-8,11-12H2,1H3/b;;10-9+;/t20-,21-,23+,24+;;;/m1.../s1. The monoisotopic (exact) mass is 1620 g/mol. The second kappa shape index (κ2) is 75.0. The average Bonchev–Trinajstić information content (AvgIpc) is 1.75. The first-order valence-corrected chi connectivity index (χ1v) is 45.3. The Labute approximate surface area is 682 Å². The highest BCUT2D eigenvalue weighted by molar-refractivity contribution is 5.81. The van der Waals surface area contributed by atoms with Crippen LogP contribution in [0.15, 0.2) is 24.3 Å². The van der Waals surface area contributed by atoms with E-state index in [-0.39, 0.29) is 70.8 Å². The summed E-state index contributed by atoms with van der Waals surface area (Å²) in [4.78, 5) is 46.8. The van der Waals surface area contributed by atoms with Crippen molar-refractivity contribution in [3.8, 4) is 0 Å². The lowest BCUT2D eigenvalue weighted by Crippen LogP contribution is -2.41. The second-order valence-corrected chi connectivity index (χ2v) is 32.1. The van der Waals surface area contributed by atoms with E-state index in [0.29, 0.717) is 19.3 Å². The molecular formula is C89H166O24. The highest BCUT2D eigenvalue weighted by Crippen LogP contribution is 2.24. The van der Waals surface area contributed by atoms with Gasteiger partial charge < -0.3 is 99.2 Å². The molecule has 16 atom stereocenters. The van der Waals surface area contributed by atoms with Crippen LogP contribution in [0.3, 0.4) is 0 Å². The topological polar surface area (TPSA) is 385 Å². The molecule has 113 heavy (non-hydrogen) atoms. The Hall–Kier alpha value is -3.28. The second-order valence-electron chi connectivity index (χ2n) is 32.1. The van der Waals surface area contributed by atoms with Crippen LogP contribution in [0.4, 0.5) is 0 Å². The fourth-order valence-corrected chi connectivity index (χ4v) is 14.0. The molecule has 0 amide bonds. The van der Waals surface area contributed by atoms with E-state index in [1.807, 2.05) is 0 Å². The summed E-state index contributed by atoms with van der Waals surface area (Å²) in [7, 11) is 0. The molecule has 4 aliphatic heterocycles. The van der Waals surface area contributed by atoms with Gasteiger partial charge in [0.15, 0.2) is 0 Å². The van der Waals surface area contributed by atoms with Gasteiger partial charge in [-0.05, 0) is 57.8 Å². The van der Waals surface area contributed by atoms with E-state index < -0.39 is 104 Å². The minimum absolute atomic E-state index is 0.0179. The summed E-state index contributed by atoms with van der Waals surface area (Å²) in [6.07, 6.45) is 54.2. The van der Waals surface area contributed by atoms with Crippen molar-refractivity contribution in [2.75, 3.05) is 52.9 Å². The van der Waals surface area contributed by atoms with E-state index in [1.54, 1.807) is 6.08 Å². The largest absolute Gasteiger partial charge is 0.463 e. The Kier molecular flexibility index (Phi) is 71.5. The first kappa shape index (κ1) is 108. The van der Waals surface area contributed by atoms with Crippen LogP contribution in [-0.2, 0) is 57.1 Å². The molecular weight excluding hydrogens is 1450 g/mol. The van der Waals surface area contributed by atoms with Crippen molar-refractivity contribution in [3.63, 3.8) is 0 Å². The predicted octanol–water partition coefficient (Wildman–Crippen LogP) is 13.9. The van der Waals surface area contributed by atoms with Gasteiger partial charge in [0.05, 0.1) is 26.4 Å². The van der Waals surface area contributed by atoms with Gasteiger partial charge in [-0.15, -0.1) is 0 Å². The fourth-order valence-electron chi connectivity index (χ4n) is 14.0. The maximum Gasteiger partial charge on any atom is 0.330 e. The van der Waals surface area contributed by atoms with Gasteiger partial charge >= 0.3 is 23.9 Å². The van der Waals surface area contributed by atoms with Crippen LogP contribution < -0.4 is 0 Å². The zero-order chi connectivity index (χ0) is 83.2. The quantitative estimate of drug-likeness (QED) is 0.00884. The molecule has 24 heteroatoms. The van der Waals surface area contributed by atoms with Gasteiger partial charge in [-0.25, -0.2) is 4.79 Å². The van der Waals surface area contributed by atoms with Gasteiger partial charge in [-0.1, -0.05) is 309 Å². The average molecular weight is 1620 g/mol. The molecule has 0 aromatic carbocycles. The number of hydrogen-bond donors (Lipinski definition) is 12. The Morgan fingerprint density at radius 2 is 0.460 bits per heavy atom. The zero-order valence-electron chi connectivity index (χ0n) is 70.9. The Morgan fingerprint density at radius 3 is 0.664 bits per heavy atom. The van der Waals surface area contributed by atoms with Crippen LogP contribution in [-0.4, -0.2) is 236 Å². The molecule has 24 nitrogen and oxygen atoms in total. The van der Waals surface area contributed by atoms with Crippen LogP contribution in [0.1, 0.15) is 368 Å². The van der Waals surface area contributed by atoms with E-state index in [0.717, 1.165) is 83.5 Å². The normalized spacial score (nSPS) is 23.1. The van der Waals surface area contributed by atoms with Gasteiger partial charge in [-0.3, -0.25) is 14.4 Å². The van der Waals surface area contributed by atoms with Crippen LogP contribution in [0.2, 0.25) is 0 Å². The number of unbranched alkanes of at least 4 members (excludes halogenated alkanes) is 45. The summed E-state index contributed by atoms with van der Waals surface area (Å²) in [6.45, 7) is 7.94. The van der Waals surface area contributed by atoms with Crippen LogP contribution in [0.5, 0.6) is 0 Å². The molecule has 4 rings (SSSR count). The molecule has 0 spiro atoms. The smallest absolute Gasteiger partial charge is 0.330 e. The van der Waals surface area contributed by atoms with E-state index in [1.165, 1.54) is 244 Å². The minimum atomic E-state index is -1.16. The summed E-state index contributed by atoms with van der Waals surface area (Å²) in [6, 6.07) is 0. The van der Waals surface area contributed by atoms with Gasteiger partial charge in [0, 0.05) is 25.3 Å². The third-order valence-corrected chi connectivity index (χ3v) is 21.5. The third kappa shape index (κ3) is 58.3. The van der Waals surface area contributed by atoms with E-state index in [2.05, 4.69) is 39.8 Å². The number of aliphatic hydroxyl groups excluding tert-OH is 12. The minimum Gasteiger partial charge on any atom is -0.463 e. The summed E-state index contributed by atoms with van der Waals surface area (Å²) in [5.74, 6) is -1.55. The van der Waals surface area contributed by atoms with Crippen molar-refractivity contribution in [1.29, 1.82) is 0 Å². The van der Waals surface area contributed by atoms with E-state index >= 15 is 0 Å². The number of hydrogen-bond acceptors (Lipinski definition) is 24. The molecule has 0 aliphatic carbocycles. The van der Waals surface area contributed by atoms with Crippen molar-refractivity contribution in [1.82, 2.24) is 0 Å². The van der Waals surface area contributed by atoms with Gasteiger partial charge in [0.1, 0.15) is 124 Å². The number of esters is 4. The molecule has 666 valence electrons. The lowest BCUT2D eigenvalue weighted by Gasteiger charge is -2.20. The van der Waals surface area contributed by atoms with Gasteiger partial charge in [0.2, 0.25) is 0 Å². The van der Waals surface area contributed by atoms with Crippen LogP contribution in [0.25, 0.3) is 0 Å². The molecule has 12 N–H and O–H groups in total. The number of carbonyl (C=O) groups excluding carboxylic acids is 4. The molecule has 0 saturated carbocycles. The van der Waals surface area contributed by atoms with Crippen molar-refractivity contribution in [3.05, 3.63) is 24.3 Å². The molecule has 0 radical (unpaired) electrons. The Balaban J connectivity index is 0.000000757. The molecule has 4 heterocycles. The van der Waals surface area contributed by atoms with Crippen molar-refractivity contribution in [2.45, 2.75) is 466 Å². The molecule has 0 aromatic heterocycles. The Morgan fingerprint density at radius 1 is 0.274 bits per heavy atom. The number of ether oxygens (including phenoxy) is 8. The lowest BCUT2D eigenvalue weighted by molar-refractivity contribution is -0.151.